The molecular formula is C15H15N5O4S. The Hall–Kier alpha value is -2.93. The van der Waals surface area contributed by atoms with E-state index in [2.05, 4.69) is 32.7 Å². The molecule has 0 fully saturated rings. The maximum absolute atomic E-state index is 11.7. The molecule has 0 saturated carbocycles. The van der Waals surface area contributed by atoms with E-state index in [1.54, 1.807) is 25.2 Å². The summed E-state index contributed by atoms with van der Waals surface area (Å²) in [5.74, 6) is 7.76. The van der Waals surface area contributed by atoms with Crippen LogP contribution in [-0.4, -0.2) is 51.8 Å². The van der Waals surface area contributed by atoms with E-state index in [9.17, 15) is 4.79 Å². The van der Waals surface area contributed by atoms with Gasteiger partial charge in [0.15, 0.2) is 11.5 Å². The van der Waals surface area contributed by atoms with Crippen LogP contribution in [0.5, 0.6) is 17.2 Å². The lowest BCUT2D eigenvalue weighted by Gasteiger charge is -2.03. The Morgan fingerprint density at radius 1 is 1.40 bits per heavy atom. The second-order valence-corrected chi connectivity index (χ2v) is 5.75. The third-order valence-electron chi connectivity index (χ3n) is 3.07. The summed E-state index contributed by atoms with van der Waals surface area (Å²) in [6.07, 6.45) is 0. The van der Waals surface area contributed by atoms with Gasteiger partial charge in [-0.05, 0) is 22.6 Å². The van der Waals surface area contributed by atoms with E-state index in [1.165, 1.54) is 16.4 Å². The number of amides is 1. The number of fused-ring (bicyclic) bond motifs is 1. The quantitative estimate of drug-likeness (QED) is 0.576. The third-order valence-corrected chi connectivity index (χ3v) is 4.08. The first-order valence-electron chi connectivity index (χ1n) is 7.32. The van der Waals surface area contributed by atoms with Crippen molar-refractivity contribution in [2.75, 3.05) is 25.7 Å². The van der Waals surface area contributed by atoms with Crippen molar-refractivity contribution in [2.24, 2.45) is 7.05 Å². The minimum absolute atomic E-state index is 0.140. The summed E-state index contributed by atoms with van der Waals surface area (Å²) in [5, 5.41) is 14.2. The first-order chi connectivity index (χ1) is 12.2. The lowest BCUT2D eigenvalue weighted by atomic mass is 10.3. The van der Waals surface area contributed by atoms with Gasteiger partial charge >= 0.3 is 0 Å². The summed E-state index contributed by atoms with van der Waals surface area (Å²) in [6.45, 7) is 0.694. The number of rotatable bonds is 6. The lowest BCUT2D eigenvalue weighted by molar-refractivity contribution is -0.118. The predicted octanol–water partition coefficient (Wildman–Crippen LogP) is 0.229. The maximum Gasteiger partial charge on any atom is 0.231 e. The molecule has 0 saturated heterocycles. The molecule has 2 aromatic rings. The van der Waals surface area contributed by atoms with Crippen LogP contribution in [0.25, 0.3) is 0 Å². The number of nitrogens with zero attached hydrogens (tertiary/aromatic N) is 4. The second-order valence-electron chi connectivity index (χ2n) is 4.81. The summed E-state index contributed by atoms with van der Waals surface area (Å²) in [5.41, 5.74) is 0. The van der Waals surface area contributed by atoms with Gasteiger partial charge in [0.25, 0.3) is 0 Å². The Morgan fingerprint density at radius 2 is 2.28 bits per heavy atom. The molecular weight excluding hydrogens is 346 g/mol. The van der Waals surface area contributed by atoms with Crippen molar-refractivity contribution in [3.8, 4) is 29.1 Å². The molecule has 0 radical (unpaired) electrons. The van der Waals surface area contributed by atoms with Crippen LogP contribution in [0.4, 0.5) is 0 Å². The Balaban J connectivity index is 1.33. The van der Waals surface area contributed by atoms with Gasteiger partial charge in [-0.3, -0.25) is 4.79 Å². The smallest absolute Gasteiger partial charge is 0.231 e. The van der Waals surface area contributed by atoms with E-state index in [0.717, 1.165) is 0 Å². The number of aryl methyl sites for hydroxylation is 1. The Morgan fingerprint density at radius 3 is 3.12 bits per heavy atom. The molecule has 1 aromatic heterocycles. The van der Waals surface area contributed by atoms with E-state index in [-0.39, 0.29) is 31.6 Å². The first-order valence-corrected chi connectivity index (χ1v) is 8.31. The van der Waals surface area contributed by atoms with Crippen LogP contribution < -0.4 is 19.5 Å². The zero-order valence-corrected chi connectivity index (χ0v) is 14.2. The molecule has 0 atom stereocenters. The average molecular weight is 361 g/mol. The van der Waals surface area contributed by atoms with Crippen molar-refractivity contribution >= 4 is 17.7 Å². The van der Waals surface area contributed by atoms with Gasteiger partial charge in [0.05, 0.1) is 12.3 Å². The van der Waals surface area contributed by atoms with Crippen molar-refractivity contribution in [1.82, 2.24) is 25.5 Å². The highest BCUT2D eigenvalue weighted by Crippen LogP contribution is 2.34. The van der Waals surface area contributed by atoms with Crippen LogP contribution in [0.3, 0.4) is 0 Å². The van der Waals surface area contributed by atoms with Crippen molar-refractivity contribution in [2.45, 2.75) is 5.16 Å². The molecule has 1 N–H and O–H groups in total. The standard InChI is InChI=1S/C15H15N5O4S/c1-20-15(17-18-19-20)25-9-14(21)16-6-2-3-7-22-11-4-5-12-13(8-11)24-10-23-12/h4-5,8H,6-7,9-10H2,1H3,(H,16,21). The van der Waals surface area contributed by atoms with Crippen LogP contribution in [0.1, 0.15) is 0 Å². The van der Waals surface area contributed by atoms with Crippen molar-refractivity contribution in [1.29, 1.82) is 0 Å². The van der Waals surface area contributed by atoms with Crippen LogP contribution in [0.2, 0.25) is 0 Å². The number of aromatic nitrogens is 4. The van der Waals surface area contributed by atoms with Gasteiger partial charge in [0, 0.05) is 13.1 Å². The van der Waals surface area contributed by atoms with Crippen molar-refractivity contribution < 1.29 is 19.0 Å². The number of thioether (sulfide) groups is 1. The molecule has 1 amide bonds. The number of carbonyl (C=O) groups is 1. The van der Waals surface area contributed by atoms with E-state index in [4.69, 9.17) is 14.2 Å². The summed E-state index contributed by atoms with van der Waals surface area (Å²) in [4.78, 5) is 11.7. The maximum atomic E-state index is 11.7. The summed E-state index contributed by atoms with van der Waals surface area (Å²) < 4.78 is 17.5. The number of nitrogens with one attached hydrogen (secondary N) is 1. The normalized spacial score (nSPS) is 11.6. The second kappa shape index (κ2) is 8.25. The van der Waals surface area contributed by atoms with E-state index < -0.39 is 0 Å². The fourth-order valence-corrected chi connectivity index (χ4v) is 2.55. The zero-order valence-electron chi connectivity index (χ0n) is 13.4. The molecule has 9 nitrogen and oxygen atoms in total. The molecule has 10 heteroatoms. The molecule has 0 unspecified atom stereocenters. The summed E-state index contributed by atoms with van der Waals surface area (Å²) in [6, 6.07) is 5.33. The van der Waals surface area contributed by atoms with Gasteiger partial charge in [-0.1, -0.05) is 23.6 Å². The molecule has 2 heterocycles. The van der Waals surface area contributed by atoms with Crippen LogP contribution in [0, 0.1) is 11.8 Å². The van der Waals surface area contributed by atoms with Crippen molar-refractivity contribution in [3.63, 3.8) is 0 Å². The molecule has 1 aromatic carbocycles. The predicted molar refractivity (Wildman–Crippen MR) is 88.4 cm³/mol. The van der Waals surface area contributed by atoms with Gasteiger partial charge in [0.1, 0.15) is 12.4 Å². The summed E-state index contributed by atoms with van der Waals surface area (Å²) >= 11 is 1.26. The van der Waals surface area contributed by atoms with E-state index in [1.807, 2.05) is 0 Å². The number of hydrogen-bond donors (Lipinski definition) is 1. The van der Waals surface area contributed by atoms with Gasteiger partial charge in [0.2, 0.25) is 17.9 Å². The number of benzene rings is 1. The van der Waals surface area contributed by atoms with E-state index >= 15 is 0 Å². The highest BCUT2D eigenvalue weighted by atomic mass is 32.2. The van der Waals surface area contributed by atoms with Gasteiger partial charge in [-0.15, -0.1) is 5.10 Å². The SMILES string of the molecule is Cn1nnnc1SCC(=O)NCC#CCOc1ccc2c(c1)OCO2. The zero-order chi connectivity index (χ0) is 17.5. The third kappa shape index (κ3) is 4.77. The summed E-state index contributed by atoms with van der Waals surface area (Å²) in [7, 11) is 1.71. The molecule has 130 valence electrons. The minimum atomic E-state index is -0.140. The Bertz CT molecular complexity index is 814. The number of hydrogen-bond acceptors (Lipinski definition) is 8. The van der Waals surface area contributed by atoms with Gasteiger partial charge in [-0.2, -0.15) is 0 Å². The Kier molecular flexibility index (Phi) is 5.58. The number of ether oxygens (including phenoxy) is 3. The largest absolute Gasteiger partial charge is 0.481 e. The van der Waals surface area contributed by atoms with Crippen LogP contribution >= 0.6 is 11.8 Å². The molecule has 1 aliphatic rings. The van der Waals surface area contributed by atoms with Crippen molar-refractivity contribution in [3.05, 3.63) is 18.2 Å². The molecule has 25 heavy (non-hydrogen) atoms. The fraction of sp³-hybridized carbons (Fsp3) is 0.333. The highest BCUT2D eigenvalue weighted by molar-refractivity contribution is 7.99. The number of carbonyl (C=O) groups excluding carboxylic acids is 1. The van der Waals surface area contributed by atoms with Crippen LogP contribution in [0.15, 0.2) is 23.4 Å². The topological polar surface area (TPSA) is 100 Å². The number of tetrazole rings is 1. The highest BCUT2D eigenvalue weighted by Gasteiger charge is 2.13. The first kappa shape index (κ1) is 16.9. The molecule has 1 aliphatic heterocycles. The monoisotopic (exact) mass is 361 g/mol. The van der Waals surface area contributed by atoms with E-state index in [0.29, 0.717) is 22.4 Å². The van der Waals surface area contributed by atoms with Gasteiger partial charge in [-0.25, -0.2) is 4.68 Å². The molecule has 3 rings (SSSR count). The molecule has 0 bridgehead atoms. The Labute approximate surface area is 148 Å². The average Bonchev–Trinajstić information content (AvgIpc) is 3.24. The van der Waals surface area contributed by atoms with Gasteiger partial charge < -0.3 is 19.5 Å². The fourth-order valence-electron chi connectivity index (χ4n) is 1.87. The molecule has 0 spiro atoms. The lowest BCUT2D eigenvalue weighted by Crippen LogP contribution is -2.25. The molecule has 0 aliphatic carbocycles. The minimum Gasteiger partial charge on any atom is -0.481 e. The van der Waals surface area contributed by atoms with Crippen LogP contribution in [-0.2, 0) is 11.8 Å².